The Morgan fingerprint density at radius 1 is 1.30 bits per heavy atom. The second-order valence-corrected chi connectivity index (χ2v) is 5.42. The summed E-state index contributed by atoms with van der Waals surface area (Å²) in [6, 6.07) is 6.83. The number of carbonyl (C=O) groups excluding carboxylic acids is 2. The zero-order chi connectivity index (χ0) is 14.5. The number of hydrogen-bond donors (Lipinski definition) is 1. The van der Waals surface area contributed by atoms with Gasteiger partial charge in [-0.05, 0) is 31.9 Å². The maximum atomic E-state index is 11.9. The summed E-state index contributed by atoms with van der Waals surface area (Å²) < 4.78 is 5.15. The zero-order valence-corrected chi connectivity index (χ0v) is 12.2. The molecule has 2 rings (SSSR count). The molecule has 0 saturated heterocycles. The fourth-order valence-corrected chi connectivity index (χ4v) is 2.51. The van der Waals surface area contributed by atoms with E-state index in [2.05, 4.69) is 5.32 Å². The molecule has 0 bridgehead atoms. The number of amides is 1. The van der Waals surface area contributed by atoms with Crippen LogP contribution in [0.25, 0.3) is 0 Å². The van der Waals surface area contributed by atoms with E-state index in [1.165, 1.54) is 0 Å². The number of benzene rings is 1. The quantitative estimate of drug-likeness (QED) is 0.869. The lowest BCUT2D eigenvalue weighted by atomic mass is 10.2. The number of esters is 1. The first-order valence-corrected chi connectivity index (χ1v) is 7.21. The highest BCUT2D eigenvalue weighted by Gasteiger charge is 2.24. The second-order valence-electron chi connectivity index (χ2n) is 5.02. The van der Waals surface area contributed by atoms with E-state index in [0.29, 0.717) is 5.02 Å². The van der Waals surface area contributed by atoms with Gasteiger partial charge in [-0.25, -0.2) is 4.79 Å². The van der Waals surface area contributed by atoms with E-state index < -0.39 is 12.1 Å². The Balaban J connectivity index is 1.90. The van der Waals surface area contributed by atoms with Crippen molar-refractivity contribution >= 4 is 23.5 Å². The first-order chi connectivity index (χ1) is 9.58. The van der Waals surface area contributed by atoms with Gasteiger partial charge in [0.15, 0.2) is 6.10 Å². The van der Waals surface area contributed by atoms with E-state index in [1.807, 2.05) is 0 Å². The molecule has 0 unspecified atom stereocenters. The van der Waals surface area contributed by atoms with Crippen molar-refractivity contribution in [3.8, 4) is 0 Å². The number of hydrogen-bond acceptors (Lipinski definition) is 3. The van der Waals surface area contributed by atoms with Crippen molar-refractivity contribution < 1.29 is 14.3 Å². The van der Waals surface area contributed by atoms with Crippen molar-refractivity contribution in [3.05, 3.63) is 34.9 Å². The zero-order valence-electron chi connectivity index (χ0n) is 11.4. The largest absolute Gasteiger partial charge is 0.449 e. The van der Waals surface area contributed by atoms with E-state index >= 15 is 0 Å². The molecule has 20 heavy (non-hydrogen) atoms. The van der Waals surface area contributed by atoms with Gasteiger partial charge < -0.3 is 10.1 Å². The van der Waals surface area contributed by atoms with Crippen molar-refractivity contribution in [3.63, 3.8) is 0 Å². The number of nitrogens with one attached hydrogen (secondary N) is 1. The van der Waals surface area contributed by atoms with E-state index in [4.69, 9.17) is 16.3 Å². The van der Waals surface area contributed by atoms with Gasteiger partial charge in [-0.3, -0.25) is 4.79 Å². The van der Waals surface area contributed by atoms with Crippen molar-refractivity contribution in [2.24, 2.45) is 0 Å². The minimum atomic E-state index is -0.820. The van der Waals surface area contributed by atoms with Crippen molar-refractivity contribution in [2.75, 3.05) is 0 Å². The van der Waals surface area contributed by atoms with Crippen LogP contribution in [0.15, 0.2) is 24.3 Å². The molecule has 1 aromatic carbocycles. The van der Waals surface area contributed by atoms with Crippen LogP contribution in [-0.2, 0) is 9.53 Å². The van der Waals surface area contributed by atoms with Gasteiger partial charge in [0.1, 0.15) is 0 Å². The Hall–Kier alpha value is -1.55. The number of carbonyl (C=O) groups is 2. The Morgan fingerprint density at radius 3 is 2.60 bits per heavy atom. The van der Waals surface area contributed by atoms with Gasteiger partial charge in [-0.1, -0.05) is 36.6 Å². The monoisotopic (exact) mass is 295 g/mol. The first kappa shape index (κ1) is 14.9. The van der Waals surface area contributed by atoms with Gasteiger partial charge in [0.05, 0.1) is 10.6 Å². The molecule has 1 aliphatic rings. The van der Waals surface area contributed by atoms with Gasteiger partial charge in [-0.2, -0.15) is 0 Å². The molecule has 0 spiro atoms. The molecular formula is C15H18ClNO3. The molecule has 1 aromatic rings. The van der Waals surface area contributed by atoms with E-state index in [-0.39, 0.29) is 17.5 Å². The Morgan fingerprint density at radius 2 is 1.95 bits per heavy atom. The molecule has 108 valence electrons. The smallest absolute Gasteiger partial charge is 0.340 e. The lowest BCUT2D eigenvalue weighted by Gasteiger charge is -2.17. The fraction of sp³-hybridized carbons (Fsp3) is 0.467. The Labute approximate surface area is 123 Å². The summed E-state index contributed by atoms with van der Waals surface area (Å²) in [6.45, 7) is 1.57. The molecule has 5 heteroatoms. The molecule has 0 heterocycles. The lowest BCUT2D eigenvalue weighted by Crippen LogP contribution is -2.40. The van der Waals surface area contributed by atoms with Gasteiger partial charge in [0, 0.05) is 6.04 Å². The minimum Gasteiger partial charge on any atom is -0.449 e. The van der Waals surface area contributed by atoms with Gasteiger partial charge in [0.2, 0.25) is 0 Å². The molecule has 0 aromatic heterocycles. The Kier molecular flexibility index (Phi) is 5.01. The van der Waals surface area contributed by atoms with Crippen LogP contribution < -0.4 is 5.32 Å². The molecule has 1 amide bonds. The van der Waals surface area contributed by atoms with Crippen molar-refractivity contribution in [1.29, 1.82) is 0 Å². The minimum absolute atomic E-state index is 0.212. The molecule has 1 aliphatic carbocycles. The van der Waals surface area contributed by atoms with E-state index in [0.717, 1.165) is 25.7 Å². The van der Waals surface area contributed by atoms with Crippen LogP contribution in [0.1, 0.15) is 43.0 Å². The predicted molar refractivity (Wildman–Crippen MR) is 76.7 cm³/mol. The second kappa shape index (κ2) is 6.75. The summed E-state index contributed by atoms with van der Waals surface area (Å²) in [4.78, 5) is 23.9. The maximum absolute atomic E-state index is 11.9. The van der Waals surface area contributed by atoms with E-state index in [1.54, 1.807) is 31.2 Å². The third-order valence-electron chi connectivity index (χ3n) is 3.45. The molecule has 0 radical (unpaired) electrons. The topological polar surface area (TPSA) is 55.4 Å². The summed E-state index contributed by atoms with van der Waals surface area (Å²) in [6.07, 6.45) is 3.45. The van der Waals surface area contributed by atoms with Gasteiger partial charge >= 0.3 is 5.97 Å². The highest BCUT2D eigenvalue weighted by Crippen LogP contribution is 2.19. The average molecular weight is 296 g/mol. The van der Waals surface area contributed by atoms with Crippen LogP contribution in [0, 0.1) is 0 Å². The fourth-order valence-electron chi connectivity index (χ4n) is 2.29. The summed E-state index contributed by atoms with van der Waals surface area (Å²) >= 11 is 5.92. The van der Waals surface area contributed by atoms with Crippen molar-refractivity contribution in [1.82, 2.24) is 5.32 Å². The maximum Gasteiger partial charge on any atom is 0.340 e. The predicted octanol–water partition coefficient (Wildman–Crippen LogP) is 2.94. The normalized spacial score (nSPS) is 16.7. The van der Waals surface area contributed by atoms with Crippen LogP contribution in [0.2, 0.25) is 5.02 Å². The van der Waals surface area contributed by atoms with Crippen LogP contribution in [-0.4, -0.2) is 24.0 Å². The number of rotatable bonds is 4. The third kappa shape index (κ3) is 3.73. The first-order valence-electron chi connectivity index (χ1n) is 6.84. The van der Waals surface area contributed by atoms with Gasteiger partial charge in [-0.15, -0.1) is 0 Å². The Bertz CT molecular complexity index is 498. The third-order valence-corrected chi connectivity index (χ3v) is 3.78. The summed E-state index contributed by atoms with van der Waals surface area (Å²) in [5, 5.41) is 3.22. The summed E-state index contributed by atoms with van der Waals surface area (Å²) in [5.74, 6) is -0.832. The molecular weight excluding hydrogens is 278 g/mol. The molecule has 1 atom stereocenters. The summed E-state index contributed by atoms with van der Waals surface area (Å²) in [7, 11) is 0. The number of halogens is 1. The van der Waals surface area contributed by atoms with Crippen LogP contribution in [0.3, 0.4) is 0 Å². The molecule has 0 aliphatic heterocycles. The number of ether oxygens (including phenoxy) is 1. The molecule has 1 fully saturated rings. The standard InChI is InChI=1S/C15H18ClNO3/c1-10(14(18)17-11-6-2-3-7-11)20-15(19)12-8-4-5-9-13(12)16/h4-5,8-11H,2-3,6-7H2,1H3,(H,17,18)/t10-/m1/s1. The highest BCUT2D eigenvalue weighted by molar-refractivity contribution is 6.33. The average Bonchev–Trinajstić information content (AvgIpc) is 2.91. The molecule has 1 N–H and O–H groups in total. The van der Waals surface area contributed by atoms with E-state index in [9.17, 15) is 9.59 Å². The van der Waals surface area contributed by atoms with Gasteiger partial charge in [0.25, 0.3) is 5.91 Å². The van der Waals surface area contributed by atoms with Crippen LogP contribution in [0.4, 0.5) is 0 Å². The molecule has 1 saturated carbocycles. The highest BCUT2D eigenvalue weighted by atomic mass is 35.5. The van der Waals surface area contributed by atoms with Crippen LogP contribution in [0.5, 0.6) is 0 Å². The van der Waals surface area contributed by atoms with Crippen molar-refractivity contribution in [2.45, 2.75) is 44.8 Å². The lowest BCUT2D eigenvalue weighted by molar-refractivity contribution is -0.129. The summed E-state index contributed by atoms with van der Waals surface area (Å²) in [5.41, 5.74) is 0.273. The SMILES string of the molecule is C[C@@H](OC(=O)c1ccccc1Cl)C(=O)NC1CCCC1. The molecule has 4 nitrogen and oxygen atoms in total. The van der Waals surface area contributed by atoms with Crippen LogP contribution >= 0.6 is 11.6 Å².